The number of carbonyl (C=O) groups is 1. The average molecular weight is 420 g/mol. The molecule has 0 aliphatic carbocycles. The van der Waals surface area contributed by atoms with Crippen LogP contribution in [0.1, 0.15) is 66.6 Å². The number of ether oxygens (including phenoxy) is 1. The number of carbonyl (C=O) groups excluding carboxylic acids is 1. The van der Waals surface area contributed by atoms with E-state index in [2.05, 4.69) is 6.92 Å². The van der Waals surface area contributed by atoms with Crippen molar-refractivity contribution in [2.75, 3.05) is 0 Å². The predicted molar refractivity (Wildman–Crippen MR) is 124 cm³/mol. The highest BCUT2D eigenvalue weighted by molar-refractivity contribution is 5.92. The second kappa shape index (κ2) is 10.8. The molecule has 3 aromatic rings. The van der Waals surface area contributed by atoms with E-state index in [9.17, 15) is 9.18 Å². The maximum atomic E-state index is 13.2. The Hall–Kier alpha value is -3.14. The van der Waals surface area contributed by atoms with E-state index in [0.29, 0.717) is 5.56 Å². The molecule has 1 unspecified atom stereocenters. The highest BCUT2D eigenvalue weighted by atomic mass is 19.1. The molecule has 0 heterocycles. The first-order valence-corrected chi connectivity index (χ1v) is 10.9. The van der Waals surface area contributed by atoms with E-state index in [1.54, 1.807) is 24.3 Å². The number of primary amides is 1. The third kappa shape index (κ3) is 6.17. The topological polar surface area (TPSA) is 52.3 Å². The molecule has 0 bridgehead atoms. The Morgan fingerprint density at radius 1 is 0.968 bits per heavy atom. The molecule has 162 valence electrons. The van der Waals surface area contributed by atoms with Crippen molar-refractivity contribution >= 4 is 5.91 Å². The van der Waals surface area contributed by atoms with Crippen LogP contribution < -0.4 is 10.5 Å². The molecule has 31 heavy (non-hydrogen) atoms. The first-order valence-electron chi connectivity index (χ1n) is 10.9. The summed E-state index contributed by atoms with van der Waals surface area (Å²) in [6, 6.07) is 19.9. The van der Waals surface area contributed by atoms with Gasteiger partial charge >= 0.3 is 0 Å². The minimum Gasteiger partial charge on any atom is -0.486 e. The van der Waals surface area contributed by atoms with Crippen molar-refractivity contribution in [3.05, 3.63) is 89.2 Å². The third-order valence-electron chi connectivity index (χ3n) is 5.52. The fourth-order valence-corrected chi connectivity index (χ4v) is 3.74. The van der Waals surface area contributed by atoms with Gasteiger partial charge in [-0.3, -0.25) is 4.79 Å². The number of benzene rings is 3. The second-order valence-electron chi connectivity index (χ2n) is 7.93. The van der Waals surface area contributed by atoms with Crippen LogP contribution in [0.5, 0.6) is 5.75 Å². The van der Waals surface area contributed by atoms with Crippen molar-refractivity contribution in [2.24, 2.45) is 5.73 Å². The summed E-state index contributed by atoms with van der Waals surface area (Å²) in [5.74, 6) is 0.122. The van der Waals surface area contributed by atoms with Gasteiger partial charge in [-0.2, -0.15) is 0 Å². The summed E-state index contributed by atoms with van der Waals surface area (Å²) in [5, 5.41) is 0. The molecule has 0 saturated heterocycles. The highest BCUT2D eigenvalue weighted by Crippen LogP contribution is 2.31. The Morgan fingerprint density at radius 3 is 2.29 bits per heavy atom. The van der Waals surface area contributed by atoms with Crippen LogP contribution >= 0.6 is 0 Å². The van der Waals surface area contributed by atoms with Crippen molar-refractivity contribution in [1.29, 1.82) is 0 Å². The Balaban J connectivity index is 1.80. The van der Waals surface area contributed by atoms with Crippen LogP contribution in [0.4, 0.5) is 4.39 Å². The molecule has 0 aromatic heterocycles. The van der Waals surface area contributed by atoms with Gasteiger partial charge in [0.2, 0.25) is 5.91 Å². The standard InChI is InChI=1S/C27H30FNO2/c1-3-4-5-6-7-26(21-8-10-22(11-9-21)27(29)30)31-24-16-17-25(19(2)18-24)20-12-14-23(28)15-13-20/h8-18,26H,3-7H2,1-2H3,(H2,29,30). The molecule has 4 heteroatoms. The van der Waals surface area contributed by atoms with Gasteiger partial charge in [-0.15, -0.1) is 0 Å². The third-order valence-corrected chi connectivity index (χ3v) is 5.52. The Bertz CT molecular complexity index is 997. The van der Waals surface area contributed by atoms with Crippen LogP contribution in [-0.2, 0) is 0 Å². The van der Waals surface area contributed by atoms with Gasteiger partial charge in [0.1, 0.15) is 17.7 Å². The number of nitrogens with two attached hydrogens (primary N) is 1. The van der Waals surface area contributed by atoms with Gasteiger partial charge in [-0.25, -0.2) is 4.39 Å². The Kier molecular flexibility index (Phi) is 7.82. The number of hydrogen-bond donors (Lipinski definition) is 1. The van der Waals surface area contributed by atoms with Crippen molar-refractivity contribution in [3.63, 3.8) is 0 Å². The summed E-state index contributed by atoms with van der Waals surface area (Å²) >= 11 is 0. The number of aryl methyl sites for hydroxylation is 1. The maximum absolute atomic E-state index is 13.2. The first kappa shape index (κ1) is 22.5. The van der Waals surface area contributed by atoms with E-state index >= 15 is 0 Å². The molecule has 3 rings (SSSR count). The first-order chi connectivity index (χ1) is 15.0. The van der Waals surface area contributed by atoms with Gasteiger partial charge in [0.25, 0.3) is 0 Å². The summed E-state index contributed by atoms with van der Waals surface area (Å²) in [6.45, 7) is 4.23. The Labute approximate surface area is 184 Å². The minimum absolute atomic E-state index is 0.102. The highest BCUT2D eigenvalue weighted by Gasteiger charge is 2.15. The van der Waals surface area contributed by atoms with Crippen molar-refractivity contribution in [1.82, 2.24) is 0 Å². The molecule has 0 radical (unpaired) electrons. The SMILES string of the molecule is CCCCCCC(Oc1ccc(-c2ccc(F)cc2)c(C)c1)c1ccc(C(N)=O)cc1. The van der Waals surface area contributed by atoms with Crippen LogP contribution in [0.2, 0.25) is 0 Å². The van der Waals surface area contributed by atoms with Crippen molar-refractivity contribution in [2.45, 2.75) is 52.1 Å². The lowest BCUT2D eigenvalue weighted by molar-refractivity contribution is 0.1000. The van der Waals surface area contributed by atoms with Gasteiger partial charge in [0.05, 0.1) is 0 Å². The maximum Gasteiger partial charge on any atom is 0.248 e. The molecular formula is C27H30FNO2. The van der Waals surface area contributed by atoms with Crippen LogP contribution in [0.25, 0.3) is 11.1 Å². The number of amides is 1. The van der Waals surface area contributed by atoms with Crippen LogP contribution in [0.15, 0.2) is 66.7 Å². The zero-order chi connectivity index (χ0) is 22.2. The molecular weight excluding hydrogens is 389 g/mol. The van der Waals surface area contributed by atoms with E-state index in [4.69, 9.17) is 10.5 Å². The molecule has 1 amide bonds. The molecule has 0 saturated carbocycles. The monoisotopic (exact) mass is 419 g/mol. The van der Waals surface area contributed by atoms with Crippen LogP contribution in [0.3, 0.4) is 0 Å². The normalized spacial score (nSPS) is 11.8. The summed E-state index contributed by atoms with van der Waals surface area (Å²) in [4.78, 5) is 11.4. The van der Waals surface area contributed by atoms with E-state index in [1.807, 2.05) is 37.3 Å². The van der Waals surface area contributed by atoms with E-state index in [-0.39, 0.29) is 11.9 Å². The van der Waals surface area contributed by atoms with Gasteiger partial charge in [0.15, 0.2) is 0 Å². The molecule has 0 aliphatic heterocycles. The summed E-state index contributed by atoms with van der Waals surface area (Å²) in [7, 11) is 0. The zero-order valence-electron chi connectivity index (χ0n) is 18.2. The van der Waals surface area contributed by atoms with Gasteiger partial charge < -0.3 is 10.5 Å². The lowest BCUT2D eigenvalue weighted by Crippen LogP contribution is -2.12. The van der Waals surface area contributed by atoms with Gasteiger partial charge in [-0.05, 0) is 78.4 Å². The minimum atomic E-state index is -0.432. The van der Waals surface area contributed by atoms with Gasteiger partial charge in [-0.1, -0.05) is 56.5 Å². The van der Waals surface area contributed by atoms with Crippen molar-refractivity contribution < 1.29 is 13.9 Å². The van der Waals surface area contributed by atoms with Crippen LogP contribution in [0, 0.1) is 12.7 Å². The fourth-order valence-electron chi connectivity index (χ4n) is 3.74. The van der Waals surface area contributed by atoms with E-state index < -0.39 is 5.91 Å². The molecule has 3 nitrogen and oxygen atoms in total. The Morgan fingerprint density at radius 2 is 1.68 bits per heavy atom. The van der Waals surface area contributed by atoms with E-state index in [1.165, 1.54) is 25.0 Å². The smallest absolute Gasteiger partial charge is 0.248 e. The molecule has 0 fully saturated rings. The molecule has 0 aliphatic rings. The zero-order valence-corrected chi connectivity index (χ0v) is 18.2. The molecule has 1 atom stereocenters. The molecule has 3 aromatic carbocycles. The lowest BCUT2D eigenvalue weighted by atomic mass is 9.99. The summed E-state index contributed by atoms with van der Waals surface area (Å²) < 4.78 is 19.6. The van der Waals surface area contributed by atoms with Crippen molar-refractivity contribution in [3.8, 4) is 16.9 Å². The molecule has 0 spiro atoms. The summed E-state index contributed by atoms with van der Waals surface area (Å²) in [6.07, 6.45) is 5.42. The number of hydrogen-bond acceptors (Lipinski definition) is 2. The number of unbranched alkanes of at least 4 members (excludes halogenated alkanes) is 3. The summed E-state index contributed by atoms with van der Waals surface area (Å²) in [5.41, 5.74) is 9.99. The van der Waals surface area contributed by atoms with E-state index in [0.717, 1.165) is 47.3 Å². The fraction of sp³-hybridized carbons (Fsp3) is 0.296. The molecule has 2 N–H and O–H groups in total. The number of halogens is 1. The lowest BCUT2D eigenvalue weighted by Gasteiger charge is -2.21. The average Bonchev–Trinajstić information content (AvgIpc) is 2.77. The largest absolute Gasteiger partial charge is 0.486 e. The quantitative estimate of drug-likeness (QED) is 0.360. The predicted octanol–water partition coefficient (Wildman–Crippen LogP) is 6.99. The second-order valence-corrected chi connectivity index (χ2v) is 7.93. The number of rotatable bonds is 10. The van der Waals surface area contributed by atoms with Crippen LogP contribution in [-0.4, -0.2) is 5.91 Å². The van der Waals surface area contributed by atoms with Gasteiger partial charge in [0, 0.05) is 5.56 Å².